The topological polar surface area (TPSA) is 73.6 Å². The van der Waals surface area contributed by atoms with E-state index < -0.39 is 11.9 Å². The average Bonchev–Trinajstić information content (AvgIpc) is 2.79. The molecule has 0 atom stereocenters. The Morgan fingerprint density at radius 2 is 2.35 bits per heavy atom. The minimum absolute atomic E-state index is 0.0371. The number of halogens is 2. The monoisotopic (exact) mass is 302 g/mol. The second-order valence-electron chi connectivity index (χ2n) is 3.78. The minimum atomic E-state index is -0.792. The summed E-state index contributed by atoms with van der Waals surface area (Å²) >= 11 is 5.90. The Labute approximate surface area is 118 Å². The summed E-state index contributed by atoms with van der Waals surface area (Å²) in [5.41, 5.74) is 0.111. The van der Waals surface area contributed by atoms with Crippen LogP contribution in [0.1, 0.15) is 12.8 Å². The molecule has 0 saturated heterocycles. The van der Waals surface area contributed by atoms with Crippen LogP contribution in [0.3, 0.4) is 0 Å². The molecule has 20 heavy (non-hydrogen) atoms. The zero-order valence-corrected chi connectivity index (χ0v) is 11.6. The van der Waals surface area contributed by atoms with Crippen LogP contribution < -0.4 is 5.32 Å². The molecule has 1 aromatic heterocycles. The molecule has 8 heteroatoms. The lowest BCUT2D eigenvalue weighted by atomic mass is 10.2. The number of rotatable bonds is 4. The van der Waals surface area contributed by atoms with Crippen molar-refractivity contribution >= 4 is 34.5 Å². The number of hydrogen-bond acceptors (Lipinski definition) is 5. The Balaban J connectivity index is 2.48. The van der Waals surface area contributed by atoms with Crippen LogP contribution in [0.5, 0.6) is 0 Å². The molecular weight excluding hydrogens is 291 g/mol. The normalized spacial score (nSPS) is 10.8. The van der Waals surface area contributed by atoms with Crippen LogP contribution in [0, 0.1) is 5.82 Å². The second kappa shape index (κ2) is 6.06. The van der Waals surface area contributed by atoms with Gasteiger partial charge in [-0.1, -0.05) is 11.6 Å². The highest BCUT2D eigenvalue weighted by atomic mass is 35.5. The van der Waals surface area contributed by atoms with E-state index in [1.807, 2.05) is 0 Å². The van der Waals surface area contributed by atoms with Crippen LogP contribution in [0.4, 0.5) is 14.9 Å². The van der Waals surface area contributed by atoms with Gasteiger partial charge in [0.15, 0.2) is 11.4 Å². The van der Waals surface area contributed by atoms with E-state index in [-0.39, 0.29) is 40.9 Å². The predicted molar refractivity (Wildman–Crippen MR) is 70.3 cm³/mol. The SMILES string of the molecule is CCOC(=O)Nc1c(F)cc(Cl)c2nc(COC)oc12. The van der Waals surface area contributed by atoms with Gasteiger partial charge in [-0.05, 0) is 13.0 Å². The summed E-state index contributed by atoms with van der Waals surface area (Å²) in [4.78, 5) is 15.5. The predicted octanol–water partition coefficient (Wildman–Crippen LogP) is 3.34. The molecule has 0 unspecified atom stereocenters. The molecule has 0 aliphatic carbocycles. The van der Waals surface area contributed by atoms with Crippen molar-refractivity contribution in [1.82, 2.24) is 4.98 Å². The largest absolute Gasteiger partial charge is 0.450 e. The summed E-state index contributed by atoms with van der Waals surface area (Å²) in [5, 5.41) is 2.35. The van der Waals surface area contributed by atoms with E-state index in [2.05, 4.69) is 10.3 Å². The maximum atomic E-state index is 13.9. The van der Waals surface area contributed by atoms with Gasteiger partial charge in [0.2, 0.25) is 5.89 Å². The van der Waals surface area contributed by atoms with Crippen LogP contribution in [0.2, 0.25) is 5.02 Å². The fourth-order valence-electron chi connectivity index (χ4n) is 1.63. The Hall–Kier alpha value is -1.86. The van der Waals surface area contributed by atoms with E-state index in [1.165, 1.54) is 7.11 Å². The lowest BCUT2D eigenvalue weighted by molar-refractivity contribution is 0.161. The zero-order chi connectivity index (χ0) is 14.7. The maximum absolute atomic E-state index is 13.9. The third-order valence-electron chi connectivity index (χ3n) is 2.39. The molecule has 2 rings (SSSR count). The zero-order valence-electron chi connectivity index (χ0n) is 10.8. The number of fused-ring (bicyclic) bond motifs is 1. The van der Waals surface area contributed by atoms with E-state index in [9.17, 15) is 9.18 Å². The van der Waals surface area contributed by atoms with Gasteiger partial charge >= 0.3 is 6.09 Å². The molecule has 1 aromatic carbocycles. The number of benzene rings is 1. The maximum Gasteiger partial charge on any atom is 0.411 e. The van der Waals surface area contributed by atoms with Crippen LogP contribution in [-0.4, -0.2) is 24.8 Å². The van der Waals surface area contributed by atoms with Gasteiger partial charge in [0.25, 0.3) is 0 Å². The molecule has 0 radical (unpaired) electrons. The summed E-state index contributed by atoms with van der Waals surface area (Å²) in [5.74, 6) is -0.516. The van der Waals surface area contributed by atoms with Crippen molar-refractivity contribution in [3.63, 3.8) is 0 Å². The van der Waals surface area contributed by atoms with E-state index in [1.54, 1.807) is 6.92 Å². The van der Waals surface area contributed by atoms with Crippen molar-refractivity contribution < 1.29 is 23.1 Å². The summed E-state index contributed by atoms with van der Waals surface area (Å²) in [6, 6.07) is 1.05. The Kier molecular flexibility index (Phi) is 4.41. The first-order valence-electron chi connectivity index (χ1n) is 5.77. The Morgan fingerprint density at radius 1 is 1.60 bits per heavy atom. The van der Waals surface area contributed by atoms with Crippen molar-refractivity contribution in [3.05, 3.63) is 22.8 Å². The van der Waals surface area contributed by atoms with Gasteiger partial charge in [0.05, 0.1) is 11.6 Å². The standard InChI is InChI=1S/C12H12ClFN2O4/c1-3-19-12(17)16-10-7(14)4-6(13)9-11(10)20-8(15-9)5-18-2/h4H,3,5H2,1-2H3,(H,16,17). The first-order valence-corrected chi connectivity index (χ1v) is 6.14. The van der Waals surface area contributed by atoms with Gasteiger partial charge in [-0.25, -0.2) is 14.2 Å². The highest BCUT2D eigenvalue weighted by molar-refractivity contribution is 6.35. The smallest absolute Gasteiger partial charge is 0.411 e. The van der Waals surface area contributed by atoms with E-state index >= 15 is 0 Å². The van der Waals surface area contributed by atoms with E-state index in [4.69, 9.17) is 25.5 Å². The van der Waals surface area contributed by atoms with Crippen molar-refractivity contribution in [3.8, 4) is 0 Å². The number of carbonyl (C=O) groups is 1. The average molecular weight is 303 g/mol. The van der Waals surface area contributed by atoms with Crippen LogP contribution in [0.25, 0.3) is 11.1 Å². The quantitative estimate of drug-likeness (QED) is 0.937. The van der Waals surface area contributed by atoms with Crippen LogP contribution in [-0.2, 0) is 16.1 Å². The van der Waals surface area contributed by atoms with E-state index in [0.717, 1.165) is 6.07 Å². The molecule has 0 aliphatic heterocycles. The summed E-state index contributed by atoms with van der Waals surface area (Å²) in [7, 11) is 1.47. The number of amides is 1. The number of oxazole rings is 1. The molecule has 1 amide bonds. The summed E-state index contributed by atoms with van der Waals surface area (Å²) in [6.07, 6.45) is -0.792. The number of methoxy groups -OCH3 is 1. The highest BCUT2D eigenvalue weighted by Crippen LogP contribution is 2.33. The van der Waals surface area contributed by atoms with Gasteiger partial charge in [-0.15, -0.1) is 0 Å². The number of hydrogen-bond donors (Lipinski definition) is 1. The third-order valence-corrected chi connectivity index (χ3v) is 2.68. The molecular formula is C12H12ClFN2O4. The molecule has 0 aliphatic rings. The first kappa shape index (κ1) is 14.5. The Morgan fingerprint density at radius 3 is 3.00 bits per heavy atom. The first-order chi connectivity index (χ1) is 9.56. The Bertz CT molecular complexity index is 644. The van der Waals surface area contributed by atoms with Crippen molar-refractivity contribution in [2.75, 3.05) is 19.0 Å². The third kappa shape index (κ3) is 2.83. The molecule has 2 aromatic rings. The van der Waals surface area contributed by atoms with Gasteiger partial charge in [0.1, 0.15) is 17.8 Å². The minimum Gasteiger partial charge on any atom is -0.450 e. The summed E-state index contributed by atoms with van der Waals surface area (Å²) in [6.45, 7) is 1.90. The molecule has 0 bridgehead atoms. The molecule has 108 valence electrons. The molecule has 0 saturated carbocycles. The van der Waals surface area contributed by atoms with Crippen molar-refractivity contribution in [2.45, 2.75) is 13.5 Å². The number of ether oxygens (including phenoxy) is 2. The van der Waals surface area contributed by atoms with Gasteiger partial charge in [-0.3, -0.25) is 5.32 Å². The van der Waals surface area contributed by atoms with Crippen LogP contribution >= 0.6 is 11.6 Å². The molecule has 0 spiro atoms. The van der Waals surface area contributed by atoms with Gasteiger partial charge in [-0.2, -0.15) is 0 Å². The van der Waals surface area contributed by atoms with Gasteiger partial charge in [0, 0.05) is 7.11 Å². The van der Waals surface area contributed by atoms with Crippen molar-refractivity contribution in [2.24, 2.45) is 0 Å². The van der Waals surface area contributed by atoms with Crippen LogP contribution in [0.15, 0.2) is 10.5 Å². The molecule has 0 fully saturated rings. The molecule has 6 nitrogen and oxygen atoms in total. The number of nitrogens with zero attached hydrogens (tertiary/aromatic N) is 1. The fourth-order valence-corrected chi connectivity index (χ4v) is 1.85. The van der Waals surface area contributed by atoms with Crippen molar-refractivity contribution in [1.29, 1.82) is 0 Å². The number of carbonyl (C=O) groups excluding carboxylic acids is 1. The highest BCUT2D eigenvalue weighted by Gasteiger charge is 2.20. The lowest BCUT2D eigenvalue weighted by Crippen LogP contribution is -2.14. The van der Waals surface area contributed by atoms with Gasteiger partial charge < -0.3 is 13.9 Å². The number of nitrogens with one attached hydrogen (secondary N) is 1. The lowest BCUT2D eigenvalue weighted by Gasteiger charge is -2.06. The van der Waals surface area contributed by atoms with E-state index in [0.29, 0.717) is 0 Å². The summed E-state index contributed by atoms with van der Waals surface area (Å²) < 4.78 is 28.8. The molecule has 1 N–H and O–H groups in total. The number of anilines is 1. The second-order valence-corrected chi connectivity index (χ2v) is 4.19. The molecule has 1 heterocycles. The fraction of sp³-hybridized carbons (Fsp3) is 0.333. The number of aromatic nitrogens is 1.